The maximum atomic E-state index is 3.45. The van der Waals surface area contributed by atoms with E-state index in [1.54, 1.807) is 0 Å². The molecule has 1 radical (unpaired) electrons. The zero-order chi connectivity index (χ0) is 10.7. The average molecular weight is 195 g/mol. The number of benzene rings is 2. The molecule has 0 aliphatic heterocycles. The van der Waals surface area contributed by atoms with E-state index < -0.39 is 0 Å². The number of hydrogen-bond acceptors (Lipinski definition) is 0. The summed E-state index contributed by atoms with van der Waals surface area (Å²) in [5.41, 5.74) is 5.04. The maximum absolute atomic E-state index is 3.45. The molecule has 0 amide bonds. The van der Waals surface area contributed by atoms with Crippen molar-refractivity contribution in [1.82, 2.24) is 0 Å². The Labute approximate surface area is 91.6 Å². The Morgan fingerprint density at radius 2 is 1.80 bits per heavy atom. The minimum Gasteiger partial charge on any atom is -0.0622 e. The minimum absolute atomic E-state index is 1.04. The van der Waals surface area contributed by atoms with Crippen LogP contribution >= 0.6 is 0 Å². The SMILES string of the molecule is CCc1[c]c(-c2ccccc2)cc(C)c1. The van der Waals surface area contributed by atoms with Crippen molar-refractivity contribution in [2.45, 2.75) is 20.3 Å². The molecule has 2 aromatic carbocycles. The van der Waals surface area contributed by atoms with Crippen molar-refractivity contribution in [3.63, 3.8) is 0 Å². The molecule has 15 heavy (non-hydrogen) atoms. The van der Waals surface area contributed by atoms with Gasteiger partial charge in [-0.05, 0) is 36.1 Å². The highest BCUT2D eigenvalue weighted by Crippen LogP contribution is 2.21. The third-order valence-corrected chi connectivity index (χ3v) is 2.53. The van der Waals surface area contributed by atoms with Crippen LogP contribution in [-0.2, 0) is 6.42 Å². The molecule has 0 nitrogen and oxygen atoms in total. The fraction of sp³-hybridized carbons (Fsp3) is 0.200. The van der Waals surface area contributed by atoms with Crippen LogP contribution in [-0.4, -0.2) is 0 Å². The first-order chi connectivity index (χ1) is 7.29. The summed E-state index contributed by atoms with van der Waals surface area (Å²) in [6, 6.07) is 18.3. The van der Waals surface area contributed by atoms with E-state index in [-0.39, 0.29) is 0 Å². The second-order valence-corrected chi connectivity index (χ2v) is 3.82. The number of hydrogen-bond donors (Lipinski definition) is 0. The largest absolute Gasteiger partial charge is 0.0622 e. The fourth-order valence-electron chi connectivity index (χ4n) is 1.75. The number of rotatable bonds is 2. The summed E-state index contributed by atoms with van der Waals surface area (Å²) in [6.07, 6.45) is 1.04. The van der Waals surface area contributed by atoms with Gasteiger partial charge in [-0.2, -0.15) is 0 Å². The predicted molar refractivity (Wildman–Crippen MR) is 64.8 cm³/mol. The summed E-state index contributed by atoms with van der Waals surface area (Å²) in [5, 5.41) is 0. The van der Waals surface area contributed by atoms with E-state index in [9.17, 15) is 0 Å². The van der Waals surface area contributed by atoms with E-state index in [2.05, 4.69) is 56.3 Å². The molecule has 2 rings (SSSR count). The summed E-state index contributed by atoms with van der Waals surface area (Å²) in [7, 11) is 0. The third kappa shape index (κ3) is 2.27. The van der Waals surface area contributed by atoms with Gasteiger partial charge in [0.25, 0.3) is 0 Å². The van der Waals surface area contributed by atoms with Gasteiger partial charge in [-0.15, -0.1) is 0 Å². The lowest BCUT2D eigenvalue weighted by molar-refractivity contribution is 1.13. The second kappa shape index (κ2) is 4.31. The van der Waals surface area contributed by atoms with Crippen LogP contribution in [0.2, 0.25) is 0 Å². The smallest absolute Gasteiger partial charge is 0.00642 e. The third-order valence-electron chi connectivity index (χ3n) is 2.53. The normalized spacial score (nSPS) is 10.3. The molecular weight excluding hydrogens is 180 g/mol. The second-order valence-electron chi connectivity index (χ2n) is 3.82. The first-order valence-electron chi connectivity index (χ1n) is 5.38. The van der Waals surface area contributed by atoms with Crippen molar-refractivity contribution < 1.29 is 0 Å². The Bertz CT molecular complexity index is 441. The average Bonchev–Trinajstić information content (AvgIpc) is 2.29. The van der Waals surface area contributed by atoms with Gasteiger partial charge in [0.2, 0.25) is 0 Å². The fourth-order valence-corrected chi connectivity index (χ4v) is 1.75. The highest BCUT2D eigenvalue weighted by Gasteiger charge is 2.00. The lowest BCUT2D eigenvalue weighted by atomic mass is 9.99. The van der Waals surface area contributed by atoms with Crippen molar-refractivity contribution in [3.8, 4) is 11.1 Å². The van der Waals surface area contributed by atoms with E-state index in [4.69, 9.17) is 0 Å². The van der Waals surface area contributed by atoms with E-state index in [0.29, 0.717) is 0 Å². The molecule has 0 bridgehead atoms. The van der Waals surface area contributed by atoms with Gasteiger partial charge >= 0.3 is 0 Å². The zero-order valence-electron chi connectivity index (χ0n) is 9.25. The van der Waals surface area contributed by atoms with Crippen molar-refractivity contribution in [3.05, 3.63) is 59.7 Å². The van der Waals surface area contributed by atoms with Gasteiger partial charge in [0.1, 0.15) is 0 Å². The quantitative estimate of drug-likeness (QED) is 0.678. The Morgan fingerprint density at radius 3 is 2.47 bits per heavy atom. The summed E-state index contributed by atoms with van der Waals surface area (Å²) >= 11 is 0. The molecule has 0 aliphatic carbocycles. The molecule has 0 saturated carbocycles. The molecule has 75 valence electrons. The van der Waals surface area contributed by atoms with Crippen LogP contribution in [0.15, 0.2) is 42.5 Å². The standard InChI is InChI=1S/C15H15/c1-3-13-9-12(2)10-15(11-13)14-7-5-4-6-8-14/h4-10H,3H2,1-2H3. The topological polar surface area (TPSA) is 0 Å². The molecule has 0 saturated heterocycles. The lowest BCUT2D eigenvalue weighted by Gasteiger charge is -2.05. The highest BCUT2D eigenvalue weighted by atomic mass is 14.0. The molecule has 0 heterocycles. The van der Waals surface area contributed by atoms with Gasteiger partial charge in [0.15, 0.2) is 0 Å². The van der Waals surface area contributed by atoms with Gasteiger partial charge in [-0.1, -0.05) is 55.0 Å². The van der Waals surface area contributed by atoms with Gasteiger partial charge in [0.05, 0.1) is 0 Å². The summed E-state index contributed by atoms with van der Waals surface area (Å²) in [6.45, 7) is 4.31. The van der Waals surface area contributed by atoms with Crippen molar-refractivity contribution in [2.75, 3.05) is 0 Å². The van der Waals surface area contributed by atoms with E-state index >= 15 is 0 Å². The monoisotopic (exact) mass is 195 g/mol. The van der Waals surface area contributed by atoms with Crippen molar-refractivity contribution in [1.29, 1.82) is 0 Å². The summed E-state index contributed by atoms with van der Waals surface area (Å²) in [5.74, 6) is 0. The highest BCUT2D eigenvalue weighted by molar-refractivity contribution is 5.64. The molecule has 0 atom stereocenters. The predicted octanol–water partition coefficient (Wildman–Crippen LogP) is 4.02. The molecule has 0 aliphatic rings. The van der Waals surface area contributed by atoms with Crippen molar-refractivity contribution >= 4 is 0 Å². The van der Waals surface area contributed by atoms with Crippen LogP contribution in [0.25, 0.3) is 11.1 Å². The Balaban J connectivity index is 2.49. The van der Waals surface area contributed by atoms with Crippen LogP contribution in [0.1, 0.15) is 18.1 Å². The Kier molecular flexibility index (Phi) is 2.86. The molecule has 0 spiro atoms. The molecule has 0 aromatic heterocycles. The van der Waals surface area contributed by atoms with Gasteiger partial charge in [-0.25, -0.2) is 0 Å². The molecule has 0 heteroatoms. The first kappa shape index (κ1) is 9.97. The van der Waals surface area contributed by atoms with Gasteiger partial charge < -0.3 is 0 Å². The van der Waals surface area contributed by atoms with Crippen LogP contribution in [0.3, 0.4) is 0 Å². The summed E-state index contributed by atoms with van der Waals surface area (Å²) < 4.78 is 0. The van der Waals surface area contributed by atoms with Crippen LogP contribution < -0.4 is 0 Å². The van der Waals surface area contributed by atoms with Crippen LogP contribution in [0, 0.1) is 13.0 Å². The summed E-state index contributed by atoms with van der Waals surface area (Å²) in [4.78, 5) is 0. The van der Waals surface area contributed by atoms with Gasteiger partial charge in [0, 0.05) is 0 Å². The Hall–Kier alpha value is -1.56. The maximum Gasteiger partial charge on any atom is -0.00642 e. The van der Waals surface area contributed by atoms with Crippen molar-refractivity contribution in [2.24, 2.45) is 0 Å². The molecule has 0 N–H and O–H groups in total. The zero-order valence-corrected chi connectivity index (χ0v) is 9.25. The van der Waals surface area contributed by atoms with Crippen LogP contribution in [0.4, 0.5) is 0 Å². The lowest BCUT2D eigenvalue weighted by Crippen LogP contribution is -1.86. The molecule has 0 fully saturated rings. The molecule has 0 unspecified atom stereocenters. The van der Waals surface area contributed by atoms with E-state index in [1.807, 2.05) is 6.07 Å². The van der Waals surface area contributed by atoms with Crippen LogP contribution in [0.5, 0.6) is 0 Å². The minimum atomic E-state index is 1.04. The van der Waals surface area contributed by atoms with Gasteiger partial charge in [-0.3, -0.25) is 0 Å². The Morgan fingerprint density at radius 1 is 1.07 bits per heavy atom. The first-order valence-corrected chi connectivity index (χ1v) is 5.38. The van der Waals surface area contributed by atoms with E-state index in [1.165, 1.54) is 22.3 Å². The van der Waals surface area contributed by atoms with E-state index in [0.717, 1.165) is 6.42 Å². The number of aryl methyl sites for hydroxylation is 2. The molecular formula is C15H15. The molecule has 2 aromatic rings.